The zero-order valence-electron chi connectivity index (χ0n) is 13.8. The number of furan rings is 1. The number of thioether (sulfide) groups is 1. The summed E-state index contributed by atoms with van der Waals surface area (Å²) in [5.41, 5.74) is 1.87. The second-order valence-corrected chi connectivity index (χ2v) is 6.33. The van der Waals surface area contributed by atoms with E-state index in [1.807, 2.05) is 18.2 Å². The van der Waals surface area contributed by atoms with Gasteiger partial charge in [-0.25, -0.2) is 0 Å². The van der Waals surface area contributed by atoms with E-state index in [0.717, 1.165) is 0 Å². The fraction of sp³-hybridized carbons (Fsp3) is 0.111. The molecule has 0 atom stereocenters. The number of carbonyl (C=O) groups excluding carboxylic acids is 1. The number of ketones is 1. The number of carbonyl (C=O) groups is 1. The molecule has 0 aliphatic carbocycles. The van der Waals surface area contributed by atoms with E-state index in [4.69, 9.17) is 9.15 Å². The maximum Gasteiger partial charge on any atom is 0.212 e. The largest absolute Gasteiger partial charge is 0.497 e. The number of aromatic nitrogens is 4. The molecule has 0 saturated carbocycles. The summed E-state index contributed by atoms with van der Waals surface area (Å²) >= 11 is 1.28. The van der Waals surface area contributed by atoms with Crippen LogP contribution in [0.2, 0.25) is 0 Å². The monoisotopic (exact) mass is 366 g/mol. The molecule has 130 valence electrons. The SMILES string of the molecule is COc1cccc(C(=O)CSc2nnc3ccc(-c4ccco4)nn23)c1. The van der Waals surface area contributed by atoms with Crippen molar-refractivity contribution in [3.8, 4) is 17.2 Å². The Balaban J connectivity index is 1.55. The summed E-state index contributed by atoms with van der Waals surface area (Å²) in [5, 5.41) is 13.3. The van der Waals surface area contributed by atoms with Crippen LogP contribution >= 0.6 is 11.8 Å². The molecule has 8 heteroatoms. The molecule has 4 rings (SSSR count). The van der Waals surface area contributed by atoms with Crippen molar-refractivity contribution in [3.63, 3.8) is 0 Å². The van der Waals surface area contributed by atoms with Gasteiger partial charge in [0.05, 0.1) is 19.1 Å². The average molecular weight is 366 g/mol. The third-order valence-electron chi connectivity index (χ3n) is 3.73. The van der Waals surface area contributed by atoms with Crippen molar-refractivity contribution in [2.24, 2.45) is 0 Å². The molecule has 7 nitrogen and oxygen atoms in total. The van der Waals surface area contributed by atoms with Crippen LogP contribution in [-0.4, -0.2) is 38.5 Å². The summed E-state index contributed by atoms with van der Waals surface area (Å²) < 4.78 is 12.1. The van der Waals surface area contributed by atoms with E-state index in [1.54, 1.807) is 48.2 Å². The predicted octanol–water partition coefficient (Wildman–Crippen LogP) is 3.37. The van der Waals surface area contributed by atoms with E-state index in [-0.39, 0.29) is 11.5 Å². The molecule has 1 aromatic carbocycles. The zero-order valence-corrected chi connectivity index (χ0v) is 14.6. The quantitative estimate of drug-likeness (QED) is 0.382. The lowest BCUT2D eigenvalue weighted by Crippen LogP contribution is -2.04. The Morgan fingerprint density at radius 2 is 2.12 bits per heavy atom. The topological polar surface area (TPSA) is 82.5 Å². The Morgan fingerprint density at radius 1 is 1.19 bits per heavy atom. The van der Waals surface area contributed by atoms with Gasteiger partial charge in [-0.1, -0.05) is 23.9 Å². The molecule has 3 heterocycles. The van der Waals surface area contributed by atoms with Crippen LogP contribution in [0.15, 0.2) is 64.4 Å². The van der Waals surface area contributed by atoms with Crippen LogP contribution < -0.4 is 4.74 Å². The van der Waals surface area contributed by atoms with Crippen LogP contribution in [-0.2, 0) is 0 Å². The Morgan fingerprint density at radius 3 is 2.92 bits per heavy atom. The van der Waals surface area contributed by atoms with Gasteiger partial charge in [0, 0.05) is 5.56 Å². The number of methoxy groups -OCH3 is 1. The van der Waals surface area contributed by atoms with Crippen molar-refractivity contribution in [1.29, 1.82) is 0 Å². The fourth-order valence-corrected chi connectivity index (χ4v) is 3.21. The molecule has 0 fully saturated rings. The zero-order chi connectivity index (χ0) is 17.9. The van der Waals surface area contributed by atoms with Gasteiger partial charge in [0.25, 0.3) is 0 Å². The highest BCUT2D eigenvalue weighted by molar-refractivity contribution is 7.99. The first kappa shape index (κ1) is 16.3. The van der Waals surface area contributed by atoms with E-state index < -0.39 is 0 Å². The van der Waals surface area contributed by atoms with Crippen LogP contribution in [0, 0.1) is 0 Å². The van der Waals surface area contributed by atoms with Crippen LogP contribution in [0.4, 0.5) is 0 Å². The molecular formula is C18H14N4O3S. The van der Waals surface area contributed by atoms with Crippen LogP contribution in [0.25, 0.3) is 17.1 Å². The number of fused-ring (bicyclic) bond motifs is 1. The van der Waals surface area contributed by atoms with E-state index in [1.165, 1.54) is 11.8 Å². The van der Waals surface area contributed by atoms with Gasteiger partial charge in [-0.15, -0.1) is 10.2 Å². The maximum absolute atomic E-state index is 12.4. The number of nitrogens with zero attached hydrogens (tertiary/aromatic N) is 4. The molecule has 0 unspecified atom stereocenters. The van der Waals surface area contributed by atoms with Gasteiger partial charge in [0.15, 0.2) is 17.2 Å². The molecule has 0 radical (unpaired) electrons. The number of ether oxygens (including phenoxy) is 1. The normalized spacial score (nSPS) is 11.0. The first-order chi connectivity index (χ1) is 12.7. The first-order valence-electron chi connectivity index (χ1n) is 7.81. The van der Waals surface area contributed by atoms with Crippen molar-refractivity contribution in [2.75, 3.05) is 12.9 Å². The van der Waals surface area contributed by atoms with Gasteiger partial charge in [0.2, 0.25) is 5.16 Å². The molecule has 0 aliphatic rings. The molecule has 26 heavy (non-hydrogen) atoms. The van der Waals surface area contributed by atoms with Gasteiger partial charge >= 0.3 is 0 Å². The summed E-state index contributed by atoms with van der Waals surface area (Å²) in [5.74, 6) is 1.51. The Labute approximate surface area is 153 Å². The van der Waals surface area contributed by atoms with Crippen LogP contribution in [0.3, 0.4) is 0 Å². The summed E-state index contributed by atoms with van der Waals surface area (Å²) in [6.45, 7) is 0. The highest BCUT2D eigenvalue weighted by Gasteiger charge is 2.13. The van der Waals surface area contributed by atoms with E-state index in [2.05, 4.69) is 15.3 Å². The van der Waals surface area contributed by atoms with Gasteiger partial charge in [-0.2, -0.15) is 9.61 Å². The minimum Gasteiger partial charge on any atom is -0.497 e. The smallest absolute Gasteiger partial charge is 0.212 e. The van der Waals surface area contributed by atoms with Crippen molar-refractivity contribution >= 4 is 23.2 Å². The molecule has 0 saturated heterocycles. The molecular weight excluding hydrogens is 352 g/mol. The highest BCUT2D eigenvalue weighted by Crippen LogP contribution is 2.22. The molecule has 0 amide bonds. The molecule has 3 aromatic heterocycles. The number of rotatable bonds is 6. The summed E-state index contributed by atoms with van der Waals surface area (Å²) in [6.07, 6.45) is 1.59. The highest BCUT2D eigenvalue weighted by atomic mass is 32.2. The summed E-state index contributed by atoms with van der Waals surface area (Å²) in [6, 6.07) is 14.3. The maximum atomic E-state index is 12.4. The number of hydrogen-bond acceptors (Lipinski definition) is 7. The predicted molar refractivity (Wildman–Crippen MR) is 96.5 cm³/mol. The van der Waals surface area contributed by atoms with Gasteiger partial charge in [-0.05, 0) is 36.4 Å². The van der Waals surface area contributed by atoms with E-state index in [9.17, 15) is 4.79 Å². The van der Waals surface area contributed by atoms with Gasteiger partial charge < -0.3 is 9.15 Å². The lowest BCUT2D eigenvalue weighted by atomic mass is 10.1. The standard InChI is InChI=1S/C18H14N4O3S/c1-24-13-5-2-4-12(10-13)15(23)11-26-18-20-19-17-8-7-14(21-22(17)18)16-6-3-9-25-16/h2-10H,11H2,1H3. The first-order valence-corrected chi connectivity index (χ1v) is 8.79. The van der Waals surface area contributed by atoms with Crippen LogP contribution in [0.5, 0.6) is 5.75 Å². The lowest BCUT2D eigenvalue weighted by Gasteiger charge is -2.03. The van der Waals surface area contributed by atoms with Crippen molar-refractivity contribution in [3.05, 3.63) is 60.4 Å². The van der Waals surface area contributed by atoms with Gasteiger partial charge in [0.1, 0.15) is 11.4 Å². The Kier molecular flexibility index (Phi) is 4.40. The second-order valence-electron chi connectivity index (χ2n) is 5.39. The van der Waals surface area contributed by atoms with E-state index >= 15 is 0 Å². The number of Topliss-reactive ketones (excluding diaryl/α,β-unsaturated/α-hetero) is 1. The second kappa shape index (κ2) is 7.01. The van der Waals surface area contributed by atoms with Crippen molar-refractivity contribution in [2.45, 2.75) is 5.16 Å². The number of hydrogen-bond donors (Lipinski definition) is 0. The Hall–Kier alpha value is -3.13. The third-order valence-corrected chi connectivity index (χ3v) is 4.65. The molecule has 4 aromatic rings. The molecule has 0 bridgehead atoms. The molecule has 0 spiro atoms. The van der Waals surface area contributed by atoms with Crippen molar-refractivity contribution < 1.29 is 13.9 Å². The summed E-state index contributed by atoms with van der Waals surface area (Å²) in [4.78, 5) is 12.4. The van der Waals surface area contributed by atoms with Crippen molar-refractivity contribution in [1.82, 2.24) is 19.8 Å². The average Bonchev–Trinajstić information content (AvgIpc) is 3.35. The van der Waals surface area contributed by atoms with E-state index in [0.29, 0.717) is 33.6 Å². The number of benzene rings is 1. The molecule has 0 N–H and O–H groups in total. The minimum atomic E-state index is -0.0205. The molecule has 0 aliphatic heterocycles. The lowest BCUT2D eigenvalue weighted by molar-refractivity contribution is 0.102. The summed E-state index contributed by atoms with van der Waals surface area (Å²) in [7, 11) is 1.57. The fourth-order valence-electron chi connectivity index (χ4n) is 2.42. The third kappa shape index (κ3) is 3.18. The Bertz CT molecular complexity index is 1060. The minimum absolute atomic E-state index is 0.0205. The van der Waals surface area contributed by atoms with Crippen LogP contribution in [0.1, 0.15) is 10.4 Å². The van der Waals surface area contributed by atoms with Gasteiger partial charge in [-0.3, -0.25) is 4.79 Å².